The molecule has 1 aromatic rings. The number of hydrogen-bond donors (Lipinski definition) is 2. The van der Waals surface area contributed by atoms with E-state index in [1.54, 1.807) is 12.3 Å². The largest absolute Gasteiger partial charge is 0.384 e. The van der Waals surface area contributed by atoms with Gasteiger partial charge in [0.2, 0.25) is 0 Å². The fraction of sp³-hybridized carbons (Fsp3) is 0.538. The van der Waals surface area contributed by atoms with Crippen molar-refractivity contribution in [2.75, 3.05) is 23.7 Å². The van der Waals surface area contributed by atoms with E-state index in [-0.39, 0.29) is 0 Å². The van der Waals surface area contributed by atoms with Gasteiger partial charge in [-0.05, 0) is 24.8 Å². The van der Waals surface area contributed by atoms with Crippen LogP contribution in [0.5, 0.6) is 0 Å². The number of carbonyl (C=O) groups is 1. The first kappa shape index (κ1) is 12.7. The summed E-state index contributed by atoms with van der Waals surface area (Å²) in [4.78, 5) is 17.7. The third kappa shape index (κ3) is 2.55. The molecule has 0 radical (unpaired) electrons. The molecule has 2 heterocycles. The van der Waals surface area contributed by atoms with E-state index in [0.717, 1.165) is 25.2 Å². The third-order valence-corrected chi connectivity index (χ3v) is 3.49. The van der Waals surface area contributed by atoms with E-state index in [0.29, 0.717) is 17.3 Å². The standard InChI is InChI=1S/C13H20N4O/c1-2-3-9-4-5-17(8-9)11-7-16-12(14)6-10(11)13(15)18/h6-7,9H,2-5,8H2,1H3,(H2,14,16)(H2,15,18). The number of aromatic nitrogens is 1. The minimum absolute atomic E-state index is 0.330. The lowest BCUT2D eigenvalue weighted by Crippen LogP contribution is -2.24. The van der Waals surface area contributed by atoms with Crippen molar-refractivity contribution in [2.45, 2.75) is 26.2 Å². The van der Waals surface area contributed by atoms with Crippen LogP contribution in [0.25, 0.3) is 0 Å². The number of amides is 1. The van der Waals surface area contributed by atoms with Gasteiger partial charge in [0.05, 0.1) is 17.4 Å². The zero-order valence-corrected chi connectivity index (χ0v) is 10.7. The Labute approximate surface area is 107 Å². The molecule has 1 atom stereocenters. The zero-order valence-electron chi connectivity index (χ0n) is 10.7. The van der Waals surface area contributed by atoms with Crippen molar-refractivity contribution >= 4 is 17.4 Å². The monoisotopic (exact) mass is 248 g/mol. The predicted octanol–water partition coefficient (Wildman–Crippen LogP) is 1.39. The van der Waals surface area contributed by atoms with Crippen molar-refractivity contribution in [1.82, 2.24) is 4.98 Å². The average molecular weight is 248 g/mol. The Morgan fingerprint density at radius 1 is 1.61 bits per heavy atom. The van der Waals surface area contributed by atoms with Crippen molar-refractivity contribution in [3.05, 3.63) is 17.8 Å². The van der Waals surface area contributed by atoms with Gasteiger partial charge >= 0.3 is 0 Å². The van der Waals surface area contributed by atoms with Gasteiger partial charge in [-0.1, -0.05) is 13.3 Å². The summed E-state index contributed by atoms with van der Waals surface area (Å²) in [5.41, 5.74) is 12.3. The van der Waals surface area contributed by atoms with Gasteiger partial charge in [0.15, 0.2) is 0 Å². The van der Waals surface area contributed by atoms with Crippen LogP contribution >= 0.6 is 0 Å². The summed E-state index contributed by atoms with van der Waals surface area (Å²) in [7, 11) is 0. The van der Waals surface area contributed by atoms with E-state index in [9.17, 15) is 4.79 Å². The number of carbonyl (C=O) groups excluding carboxylic acids is 1. The molecule has 0 saturated carbocycles. The van der Waals surface area contributed by atoms with E-state index in [2.05, 4.69) is 16.8 Å². The highest BCUT2D eigenvalue weighted by Gasteiger charge is 2.25. The number of hydrogen-bond acceptors (Lipinski definition) is 4. The van der Waals surface area contributed by atoms with Crippen molar-refractivity contribution in [2.24, 2.45) is 11.7 Å². The summed E-state index contributed by atoms with van der Waals surface area (Å²) in [6.45, 7) is 4.12. The maximum Gasteiger partial charge on any atom is 0.251 e. The van der Waals surface area contributed by atoms with Crippen molar-refractivity contribution in [3.8, 4) is 0 Å². The summed E-state index contributed by atoms with van der Waals surface area (Å²) < 4.78 is 0. The summed E-state index contributed by atoms with van der Waals surface area (Å²) in [5.74, 6) is 0.586. The topological polar surface area (TPSA) is 85.2 Å². The Hall–Kier alpha value is -1.78. The molecule has 0 spiro atoms. The fourth-order valence-corrected chi connectivity index (χ4v) is 2.61. The summed E-state index contributed by atoms with van der Waals surface area (Å²) >= 11 is 0. The molecule has 5 heteroatoms. The maximum atomic E-state index is 11.5. The highest BCUT2D eigenvalue weighted by Crippen LogP contribution is 2.29. The van der Waals surface area contributed by atoms with Gasteiger partial charge in [0, 0.05) is 13.1 Å². The van der Waals surface area contributed by atoms with E-state index < -0.39 is 5.91 Å². The molecule has 5 nitrogen and oxygen atoms in total. The second-order valence-corrected chi connectivity index (χ2v) is 4.88. The molecule has 18 heavy (non-hydrogen) atoms. The third-order valence-electron chi connectivity index (χ3n) is 3.49. The Morgan fingerprint density at radius 2 is 2.39 bits per heavy atom. The number of nitrogens with zero attached hydrogens (tertiary/aromatic N) is 2. The van der Waals surface area contributed by atoms with Crippen LogP contribution in [-0.4, -0.2) is 24.0 Å². The van der Waals surface area contributed by atoms with Crippen LogP contribution in [0.15, 0.2) is 12.3 Å². The number of nitrogens with two attached hydrogens (primary N) is 2. The van der Waals surface area contributed by atoms with E-state index in [1.807, 2.05) is 0 Å². The molecule has 98 valence electrons. The molecule has 1 aliphatic heterocycles. The van der Waals surface area contributed by atoms with Crippen molar-refractivity contribution < 1.29 is 4.79 Å². The predicted molar refractivity (Wildman–Crippen MR) is 72.4 cm³/mol. The average Bonchev–Trinajstić information content (AvgIpc) is 2.78. The van der Waals surface area contributed by atoms with Gasteiger partial charge in [0.25, 0.3) is 5.91 Å². The van der Waals surface area contributed by atoms with E-state index >= 15 is 0 Å². The molecular formula is C13H20N4O. The summed E-state index contributed by atoms with van der Waals surface area (Å²) in [6, 6.07) is 1.56. The number of anilines is 2. The minimum Gasteiger partial charge on any atom is -0.384 e. The zero-order chi connectivity index (χ0) is 13.1. The van der Waals surface area contributed by atoms with Gasteiger partial charge in [-0.15, -0.1) is 0 Å². The van der Waals surface area contributed by atoms with Crippen LogP contribution in [0.3, 0.4) is 0 Å². The highest BCUT2D eigenvalue weighted by atomic mass is 16.1. The van der Waals surface area contributed by atoms with Crippen molar-refractivity contribution in [3.63, 3.8) is 0 Å². The number of primary amides is 1. The lowest BCUT2D eigenvalue weighted by molar-refractivity contribution is 0.100. The Balaban J connectivity index is 2.21. The second-order valence-electron chi connectivity index (χ2n) is 4.88. The molecule has 1 aromatic heterocycles. The molecule has 0 aliphatic carbocycles. The number of rotatable bonds is 4. The van der Waals surface area contributed by atoms with Crippen LogP contribution in [0.4, 0.5) is 11.5 Å². The minimum atomic E-state index is -0.446. The highest BCUT2D eigenvalue weighted by molar-refractivity contribution is 5.99. The first-order chi connectivity index (χ1) is 8.61. The molecule has 0 aromatic carbocycles. The van der Waals surface area contributed by atoms with E-state index in [4.69, 9.17) is 11.5 Å². The second kappa shape index (κ2) is 5.25. The molecule has 1 unspecified atom stereocenters. The van der Waals surface area contributed by atoms with Gasteiger partial charge in [-0.3, -0.25) is 4.79 Å². The van der Waals surface area contributed by atoms with E-state index in [1.165, 1.54) is 12.8 Å². The van der Waals surface area contributed by atoms with Crippen molar-refractivity contribution in [1.29, 1.82) is 0 Å². The molecule has 0 bridgehead atoms. The molecular weight excluding hydrogens is 228 g/mol. The number of nitrogen functional groups attached to an aromatic ring is 1. The lowest BCUT2D eigenvalue weighted by atomic mass is 10.0. The lowest BCUT2D eigenvalue weighted by Gasteiger charge is -2.20. The maximum absolute atomic E-state index is 11.5. The molecule has 1 amide bonds. The number of pyridine rings is 1. The van der Waals surface area contributed by atoms with Gasteiger partial charge in [-0.25, -0.2) is 4.98 Å². The van der Waals surface area contributed by atoms with Crippen LogP contribution in [0, 0.1) is 5.92 Å². The Morgan fingerprint density at radius 3 is 3.06 bits per heavy atom. The molecule has 2 rings (SSSR count). The van der Waals surface area contributed by atoms with Crippen LogP contribution in [0.1, 0.15) is 36.5 Å². The molecule has 1 saturated heterocycles. The van der Waals surface area contributed by atoms with Gasteiger partial charge < -0.3 is 16.4 Å². The summed E-state index contributed by atoms with van der Waals surface area (Å²) in [5, 5.41) is 0. The first-order valence-electron chi connectivity index (χ1n) is 6.42. The Kier molecular flexibility index (Phi) is 3.69. The molecule has 1 fully saturated rings. The first-order valence-corrected chi connectivity index (χ1v) is 6.42. The van der Waals surface area contributed by atoms with Crippen LogP contribution in [0.2, 0.25) is 0 Å². The normalized spacial score (nSPS) is 19.2. The van der Waals surface area contributed by atoms with Crippen LogP contribution < -0.4 is 16.4 Å². The fourth-order valence-electron chi connectivity index (χ4n) is 2.61. The van der Waals surface area contributed by atoms with Crippen LogP contribution in [-0.2, 0) is 0 Å². The van der Waals surface area contributed by atoms with Gasteiger partial charge in [0.1, 0.15) is 5.82 Å². The smallest absolute Gasteiger partial charge is 0.251 e. The summed E-state index contributed by atoms with van der Waals surface area (Å²) in [6.07, 6.45) is 5.24. The Bertz CT molecular complexity index is 447. The molecule has 4 N–H and O–H groups in total. The quantitative estimate of drug-likeness (QED) is 0.843. The SMILES string of the molecule is CCCC1CCN(c2cnc(N)cc2C(N)=O)C1. The van der Waals surface area contributed by atoms with Gasteiger partial charge in [-0.2, -0.15) is 0 Å². The molecule has 1 aliphatic rings.